The van der Waals surface area contributed by atoms with Gasteiger partial charge < -0.3 is 10.4 Å². The molecule has 5 nitrogen and oxygen atoms in total. The van der Waals surface area contributed by atoms with Crippen LogP contribution >= 0.6 is 11.6 Å². The molecule has 2 rings (SSSR count). The Morgan fingerprint density at radius 3 is 2.90 bits per heavy atom. The van der Waals surface area contributed by atoms with E-state index in [1.807, 2.05) is 4.90 Å². The van der Waals surface area contributed by atoms with Gasteiger partial charge in [-0.1, -0.05) is 17.7 Å². The maximum Gasteiger partial charge on any atom is 0.310 e. The fraction of sp³-hybridized carbons (Fsp3) is 0.467. The van der Waals surface area contributed by atoms with Crippen molar-refractivity contribution in [3.8, 4) is 0 Å². The van der Waals surface area contributed by atoms with Gasteiger partial charge in [0.2, 0.25) is 5.91 Å². The molecule has 0 bridgehead atoms. The van der Waals surface area contributed by atoms with Gasteiger partial charge in [0.1, 0.15) is 0 Å². The average molecular weight is 311 g/mol. The molecule has 0 aliphatic carbocycles. The van der Waals surface area contributed by atoms with Crippen molar-refractivity contribution in [3.05, 3.63) is 29.3 Å². The maximum absolute atomic E-state index is 12.0. The van der Waals surface area contributed by atoms with Crippen LogP contribution in [0.3, 0.4) is 0 Å². The van der Waals surface area contributed by atoms with Gasteiger partial charge in [-0.05, 0) is 44.5 Å². The molecule has 0 spiro atoms. The Hall–Kier alpha value is -1.59. The molecule has 0 radical (unpaired) electrons. The summed E-state index contributed by atoms with van der Waals surface area (Å²) in [4.78, 5) is 25.2. The zero-order valence-corrected chi connectivity index (χ0v) is 12.7. The van der Waals surface area contributed by atoms with E-state index in [0.29, 0.717) is 23.7 Å². The monoisotopic (exact) mass is 310 g/mol. The number of nitrogens with one attached hydrogen (secondary N) is 1. The van der Waals surface area contributed by atoms with Gasteiger partial charge in [-0.25, -0.2) is 0 Å². The molecule has 1 saturated heterocycles. The summed E-state index contributed by atoms with van der Waals surface area (Å²) in [6, 6.07) is 6.94. The van der Waals surface area contributed by atoms with Crippen LogP contribution in [0.2, 0.25) is 5.02 Å². The highest BCUT2D eigenvalue weighted by Gasteiger charge is 2.38. The van der Waals surface area contributed by atoms with E-state index >= 15 is 0 Å². The average Bonchev–Trinajstić information content (AvgIpc) is 2.38. The van der Waals surface area contributed by atoms with Crippen LogP contribution in [0.4, 0.5) is 5.69 Å². The summed E-state index contributed by atoms with van der Waals surface area (Å²) in [5.41, 5.74) is -0.125. The standard InChI is InChI=1S/C15H19ClN2O3/c1-15(14(20)21)6-3-7-18(10-15)9-13(19)17-12-5-2-4-11(16)8-12/h2,4-5,8H,3,6-7,9-10H2,1H3,(H,17,19)(H,20,21). The number of carbonyl (C=O) groups is 2. The van der Waals surface area contributed by atoms with Crippen LogP contribution in [0.25, 0.3) is 0 Å². The number of benzene rings is 1. The Labute approximate surface area is 128 Å². The lowest BCUT2D eigenvalue weighted by atomic mass is 9.82. The lowest BCUT2D eigenvalue weighted by Crippen LogP contribution is -2.48. The molecule has 6 heteroatoms. The van der Waals surface area contributed by atoms with E-state index in [-0.39, 0.29) is 12.5 Å². The zero-order chi connectivity index (χ0) is 15.5. The molecule has 114 valence electrons. The second kappa shape index (κ2) is 6.45. The number of carboxylic acid groups (broad SMARTS) is 1. The van der Waals surface area contributed by atoms with Crippen molar-refractivity contribution in [1.82, 2.24) is 4.90 Å². The van der Waals surface area contributed by atoms with Gasteiger partial charge in [-0.2, -0.15) is 0 Å². The summed E-state index contributed by atoms with van der Waals surface area (Å²) in [6.07, 6.45) is 1.43. The molecule has 1 fully saturated rings. The first-order valence-electron chi connectivity index (χ1n) is 6.90. The first kappa shape index (κ1) is 15.8. The summed E-state index contributed by atoms with van der Waals surface area (Å²) in [7, 11) is 0. The Morgan fingerprint density at radius 1 is 1.48 bits per heavy atom. The molecule has 1 aliphatic rings. The Bertz CT molecular complexity index is 549. The van der Waals surface area contributed by atoms with E-state index in [0.717, 1.165) is 13.0 Å². The summed E-state index contributed by atoms with van der Waals surface area (Å²) < 4.78 is 0. The zero-order valence-electron chi connectivity index (χ0n) is 11.9. The number of aliphatic carboxylic acids is 1. The second-order valence-corrected chi connectivity index (χ2v) is 6.17. The smallest absolute Gasteiger partial charge is 0.310 e. The number of rotatable bonds is 4. The Morgan fingerprint density at radius 2 is 2.24 bits per heavy atom. The molecule has 0 aromatic heterocycles. The third-order valence-corrected chi connectivity index (χ3v) is 4.00. The van der Waals surface area contributed by atoms with Crippen molar-refractivity contribution in [2.45, 2.75) is 19.8 Å². The number of amides is 1. The molecule has 1 atom stereocenters. The van der Waals surface area contributed by atoms with E-state index in [4.69, 9.17) is 11.6 Å². The minimum Gasteiger partial charge on any atom is -0.481 e. The fourth-order valence-electron chi connectivity index (χ4n) is 2.62. The fourth-order valence-corrected chi connectivity index (χ4v) is 2.81. The maximum atomic E-state index is 12.0. The summed E-state index contributed by atoms with van der Waals surface area (Å²) in [5, 5.41) is 12.6. The summed E-state index contributed by atoms with van der Waals surface area (Å²) in [6.45, 7) is 3.06. The molecular weight excluding hydrogens is 292 g/mol. The minimum absolute atomic E-state index is 0.160. The molecule has 1 heterocycles. The van der Waals surface area contributed by atoms with Crippen LogP contribution in [0, 0.1) is 5.41 Å². The molecule has 1 amide bonds. The third-order valence-electron chi connectivity index (χ3n) is 3.77. The second-order valence-electron chi connectivity index (χ2n) is 5.74. The number of nitrogens with zero attached hydrogens (tertiary/aromatic N) is 1. The van der Waals surface area contributed by atoms with Gasteiger partial charge in [0.25, 0.3) is 0 Å². The van der Waals surface area contributed by atoms with E-state index in [1.54, 1.807) is 31.2 Å². The first-order valence-corrected chi connectivity index (χ1v) is 7.28. The number of halogens is 1. The topological polar surface area (TPSA) is 69.6 Å². The highest BCUT2D eigenvalue weighted by molar-refractivity contribution is 6.30. The lowest BCUT2D eigenvalue weighted by Gasteiger charge is -2.37. The SMILES string of the molecule is CC1(C(=O)O)CCCN(CC(=O)Nc2cccc(Cl)c2)C1. The molecule has 2 N–H and O–H groups in total. The van der Waals surface area contributed by atoms with Crippen molar-refractivity contribution in [3.63, 3.8) is 0 Å². The van der Waals surface area contributed by atoms with Gasteiger partial charge in [-0.15, -0.1) is 0 Å². The normalized spacial score (nSPS) is 22.8. The van der Waals surface area contributed by atoms with Crippen LogP contribution in [-0.2, 0) is 9.59 Å². The van der Waals surface area contributed by atoms with Gasteiger partial charge in [0.15, 0.2) is 0 Å². The van der Waals surface area contributed by atoms with Gasteiger partial charge >= 0.3 is 5.97 Å². The molecule has 1 unspecified atom stereocenters. The predicted molar refractivity (Wildman–Crippen MR) is 81.5 cm³/mol. The van der Waals surface area contributed by atoms with Crippen LogP contribution in [0.5, 0.6) is 0 Å². The number of carboxylic acids is 1. The van der Waals surface area contributed by atoms with Gasteiger partial charge in [0, 0.05) is 17.3 Å². The minimum atomic E-state index is -0.803. The number of carbonyl (C=O) groups excluding carboxylic acids is 1. The quantitative estimate of drug-likeness (QED) is 0.896. The van der Waals surface area contributed by atoms with Crippen LogP contribution < -0.4 is 5.32 Å². The third kappa shape index (κ3) is 4.19. The van der Waals surface area contributed by atoms with Crippen molar-refractivity contribution in [1.29, 1.82) is 0 Å². The van der Waals surface area contributed by atoms with Crippen molar-refractivity contribution in [2.75, 3.05) is 25.0 Å². The van der Waals surface area contributed by atoms with Crippen molar-refractivity contribution < 1.29 is 14.7 Å². The summed E-state index contributed by atoms with van der Waals surface area (Å²) in [5.74, 6) is -0.964. The highest BCUT2D eigenvalue weighted by atomic mass is 35.5. The molecule has 1 aromatic rings. The molecule has 0 saturated carbocycles. The molecule has 1 aliphatic heterocycles. The highest BCUT2D eigenvalue weighted by Crippen LogP contribution is 2.29. The lowest BCUT2D eigenvalue weighted by molar-refractivity contribution is -0.151. The number of likely N-dealkylation sites (tertiary alicyclic amines) is 1. The van der Waals surface area contributed by atoms with Crippen LogP contribution in [0.1, 0.15) is 19.8 Å². The van der Waals surface area contributed by atoms with Crippen LogP contribution in [-0.4, -0.2) is 41.5 Å². The van der Waals surface area contributed by atoms with Crippen molar-refractivity contribution >= 4 is 29.2 Å². The van der Waals surface area contributed by atoms with Gasteiger partial charge in [-0.3, -0.25) is 14.5 Å². The van der Waals surface area contributed by atoms with E-state index < -0.39 is 11.4 Å². The van der Waals surface area contributed by atoms with Crippen LogP contribution in [0.15, 0.2) is 24.3 Å². The van der Waals surface area contributed by atoms with Gasteiger partial charge in [0.05, 0.1) is 12.0 Å². The van der Waals surface area contributed by atoms with E-state index in [1.165, 1.54) is 0 Å². The first-order chi connectivity index (χ1) is 9.89. The molecule has 1 aromatic carbocycles. The largest absolute Gasteiger partial charge is 0.481 e. The number of anilines is 1. The Balaban J connectivity index is 1.92. The number of hydrogen-bond donors (Lipinski definition) is 2. The molecule has 21 heavy (non-hydrogen) atoms. The summed E-state index contributed by atoms with van der Waals surface area (Å²) >= 11 is 5.87. The number of piperidine rings is 1. The Kier molecular flexibility index (Phi) is 4.85. The predicted octanol–water partition coefficient (Wildman–Crippen LogP) is 2.47. The van der Waals surface area contributed by atoms with E-state index in [2.05, 4.69) is 5.32 Å². The van der Waals surface area contributed by atoms with E-state index in [9.17, 15) is 14.7 Å². The van der Waals surface area contributed by atoms with Crippen molar-refractivity contribution in [2.24, 2.45) is 5.41 Å². The number of hydrogen-bond acceptors (Lipinski definition) is 3. The molecular formula is C15H19ClN2O3.